The number of aromatic nitrogens is 1. The molecule has 0 fully saturated rings. The number of aryl methyl sites for hydroxylation is 1. The Morgan fingerprint density at radius 2 is 2.11 bits per heavy atom. The summed E-state index contributed by atoms with van der Waals surface area (Å²) < 4.78 is 4.94. The van der Waals surface area contributed by atoms with E-state index in [1.54, 1.807) is 24.3 Å². The molecule has 0 saturated carbocycles. The predicted molar refractivity (Wildman–Crippen MR) is 74.9 cm³/mol. The largest absolute Gasteiger partial charge is 0.481 e. The quantitative estimate of drug-likeness (QED) is 0.936. The summed E-state index contributed by atoms with van der Waals surface area (Å²) in [5.41, 5.74) is 2.06. The SMILES string of the molecule is COc1ccc(C(=O)Nc2ccc(C)cc2Cl)cn1. The second-order valence-corrected chi connectivity index (χ2v) is 4.43. The molecule has 2 aromatic rings. The molecule has 0 radical (unpaired) electrons. The minimum absolute atomic E-state index is 0.263. The van der Waals surface area contributed by atoms with Crippen molar-refractivity contribution in [1.29, 1.82) is 0 Å². The van der Waals surface area contributed by atoms with E-state index in [1.165, 1.54) is 13.3 Å². The fourth-order valence-corrected chi connectivity index (χ4v) is 1.83. The zero-order chi connectivity index (χ0) is 13.8. The lowest BCUT2D eigenvalue weighted by atomic mass is 10.2. The number of carbonyl (C=O) groups is 1. The maximum absolute atomic E-state index is 12.0. The van der Waals surface area contributed by atoms with Gasteiger partial charge in [0.15, 0.2) is 0 Å². The van der Waals surface area contributed by atoms with Crippen LogP contribution in [-0.4, -0.2) is 18.0 Å². The molecule has 0 spiro atoms. The maximum Gasteiger partial charge on any atom is 0.257 e. The molecule has 1 N–H and O–H groups in total. The molecule has 1 heterocycles. The van der Waals surface area contributed by atoms with Crippen LogP contribution in [0.5, 0.6) is 5.88 Å². The van der Waals surface area contributed by atoms with Crippen molar-refractivity contribution in [3.8, 4) is 5.88 Å². The van der Waals surface area contributed by atoms with Gasteiger partial charge in [-0.3, -0.25) is 4.79 Å². The summed E-state index contributed by atoms with van der Waals surface area (Å²) in [6.45, 7) is 1.94. The molecule has 5 heteroatoms. The van der Waals surface area contributed by atoms with E-state index in [9.17, 15) is 4.79 Å². The minimum Gasteiger partial charge on any atom is -0.481 e. The number of rotatable bonds is 3. The topological polar surface area (TPSA) is 51.2 Å². The highest BCUT2D eigenvalue weighted by Gasteiger charge is 2.09. The lowest BCUT2D eigenvalue weighted by Crippen LogP contribution is -2.12. The van der Waals surface area contributed by atoms with Crippen LogP contribution in [0.2, 0.25) is 5.02 Å². The molecule has 0 aliphatic heterocycles. The first-order valence-electron chi connectivity index (χ1n) is 5.67. The Labute approximate surface area is 116 Å². The lowest BCUT2D eigenvalue weighted by molar-refractivity contribution is 0.102. The van der Waals surface area contributed by atoms with Gasteiger partial charge in [0.2, 0.25) is 5.88 Å². The highest BCUT2D eigenvalue weighted by atomic mass is 35.5. The number of anilines is 1. The average molecular weight is 277 g/mol. The van der Waals surface area contributed by atoms with Gasteiger partial charge in [0.25, 0.3) is 5.91 Å². The number of halogens is 1. The first kappa shape index (κ1) is 13.4. The molecule has 1 amide bonds. The van der Waals surface area contributed by atoms with Crippen molar-refractivity contribution in [2.24, 2.45) is 0 Å². The normalized spacial score (nSPS) is 10.1. The zero-order valence-electron chi connectivity index (χ0n) is 10.6. The monoisotopic (exact) mass is 276 g/mol. The summed E-state index contributed by atoms with van der Waals surface area (Å²) >= 11 is 6.06. The van der Waals surface area contributed by atoms with Gasteiger partial charge in [-0.25, -0.2) is 4.98 Å². The highest BCUT2D eigenvalue weighted by Crippen LogP contribution is 2.23. The molecular weight excluding hydrogens is 264 g/mol. The van der Waals surface area contributed by atoms with Gasteiger partial charge in [-0.2, -0.15) is 0 Å². The summed E-state index contributed by atoms with van der Waals surface area (Å²) in [5.74, 6) is 0.200. The van der Waals surface area contributed by atoms with Crippen molar-refractivity contribution in [2.75, 3.05) is 12.4 Å². The van der Waals surface area contributed by atoms with Crippen molar-refractivity contribution >= 4 is 23.2 Å². The Bertz CT molecular complexity index is 597. The van der Waals surface area contributed by atoms with Crippen LogP contribution in [0.25, 0.3) is 0 Å². The van der Waals surface area contributed by atoms with E-state index in [-0.39, 0.29) is 5.91 Å². The molecular formula is C14H13ClN2O2. The Kier molecular flexibility index (Phi) is 4.02. The zero-order valence-corrected chi connectivity index (χ0v) is 11.4. The molecule has 0 aliphatic rings. The summed E-state index contributed by atoms with van der Waals surface area (Å²) in [4.78, 5) is 16.0. The van der Waals surface area contributed by atoms with Crippen LogP contribution in [0.3, 0.4) is 0 Å². The number of hydrogen-bond donors (Lipinski definition) is 1. The lowest BCUT2D eigenvalue weighted by Gasteiger charge is -2.08. The number of nitrogens with zero attached hydrogens (tertiary/aromatic N) is 1. The number of amides is 1. The van der Waals surface area contributed by atoms with Crippen LogP contribution < -0.4 is 10.1 Å². The van der Waals surface area contributed by atoms with E-state index in [1.807, 2.05) is 13.0 Å². The van der Waals surface area contributed by atoms with Crippen LogP contribution in [0.15, 0.2) is 36.5 Å². The van der Waals surface area contributed by atoms with Crippen LogP contribution in [-0.2, 0) is 0 Å². The first-order chi connectivity index (χ1) is 9.10. The Morgan fingerprint density at radius 3 is 2.68 bits per heavy atom. The number of nitrogens with one attached hydrogen (secondary N) is 1. The molecule has 0 unspecified atom stereocenters. The molecule has 98 valence electrons. The third kappa shape index (κ3) is 3.23. The van der Waals surface area contributed by atoms with E-state index in [0.29, 0.717) is 22.2 Å². The fourth-order valence-electron chi connectivity index (χ4n) is 1.55. The number of hydrogen-bond acceptors (Lipinski definition) is 3. The van der Waals surface area contributed by atoms with Gasteiger partial charge in [-0.05, 0) is 30.7 Å². The van der Waals surface area contributed by atoms with Gasteiger partial charge in [0.1, 0.15) is 0 Å². The van der Waals surface area contributed by atoms with E-state index in [4.69, 9.17) is 16.3 Å². The number of benzene rings is 1. The third-order valence-electron chi connectivity index (χ3n) is 2.58. The van der Waals surface area contributed by atoms with Gasteiger partial charge < -0.3 is 10.1 Å². The molecule has 0 bridgehead atoms. The summed E-state index contributed by atoms with van der Waals surface area (Å²) in [5, 5.41) is 3.25. The average Bonchev–Trinajstić information content (AvgIpc) is 2.42. The van der Waals surface area contributed by atoms with Gasteiger partial charge in [-0.1, -0.05) is 17.7 Å². The number of methoxy groups -OCH3 is 1. The molecule has 19 heavy (non-hydrogen) atoms. The van der Waals surface area contributed by atoms with Crippen molar-refractivity contribution in [3.05, 3.63) is 52.7 Å². The number of carbonyl (C=O) groups excluding carboxylic acids is 1. The maximum atomic E-state index is 12.0. The van der Waals surface area contributed by atoms with Crippen molar-refractivity contribution in [3.63, 3.8) is 0 Å². The minimum atomic E-state index is -0.263. The molecule has 1 aromatic heterocycles. The smallest absolute Gasteiger partial charge is 0.257 e. The first-order valence-corrected chi connectivity index (χ1v) is 6.05. The van der Waals surface area contributed by atoms with Gasteiger partial charge in [0.05, 0.1) is 23.4 Å². The predicted octanol–water partition coefficient (Wildman–Crippen LogP) is 3.30. The van der Waals surface area contributed by atoms with Crippen LogP contribution in [0.4, 0.5) is 5.69 Å². The van der Waals surface area contributed by atoms with E-state index < -0.39 is 0 Å². The van der Waals surface area contributed by atoms with Crippen LogP contribution >= 0.6 is 11.6 Å². The standard InChI is InChI=1S/C14H13ClN2O2/c1-9-3-5-12(11(15)7-9)17-14(18)10-4-6-13(19-2)16-8-10/h3-8H,1-2H3,(H,17,18). The molecule has 2 rings (SSSR count). The highest BCUT2D eigenvalue weighted by molar-refractivity contribution is 6.34. The number of ether oxygens (including phenoxy) is 1. The van der Waals surface area contributed by atoms with Gasteiger partial charge in [0, 0.05) is 12.3 Å². The van der Waals surface area contributed by atoms with Crippen LogP contribution in [0.1, 0.15) is 15.9 Å². The van der Waals surface area contributed by atoms with Crippen LogP contribution in [0, 0.1) is 6.92 Å². The van der Waals surface area contributed by atoms with E-state index in [2.05, 4.69) is 10.3 Å². The molecule has 0 aliphatic carbocycles. The molecule has 0 atom stereocenters. The second-order valence-electron chi connectivity index (χ2n) is 4.03. The van der Waals surface area contributed by atoms with E-state index >= 15 is 0 Å². The van der Waals surface area contributed by atoms with Gasteiger partial charge >= 0.3 is 0 Å². The Morgan fingerprint density at radius 1 is 1.32 bits per heavy atom. The number of pyridine rings is 1. The fraction of sp³-hybridized carbons (Fsp3) is 0.143. The second kappa shape index (κ2) is 5.71. The third-order valence-corrected chi connectivity index (χ3v) is 2.89. The Hall–Kier alpha value is -2.07. The Balaban J connectivity index is 2.15. The van der Waals surface area contributed by atoms with Crippen molar-refractivity contribution in [1.82, 2.24) is 4.98 Å². The summed E-state index contributed by atoms with van der Waals surface area (Å²) in [6, 6.07) is 8.72. The summed E-state index contributed by atoms with van der Waals surface area (Å²) in [6.07, 6.45) is 1.45. The molecule has 4 nitrogen and oxygen atoms in total. The van der Waals surface area contributed by atoms with Gasteiger partial charge in [-0.15, -0.1) is 0 Å². The molecule has 1 aromatic carbocycles. The molecule has 0 saturated heterocycles. The van der Waals surface area contributed by atoms with E-state index in [0.717, 1.165) is 5.56 Å². The van der Waals surface area contributed by atoms with Crippen molar-refractivity contribution < 1.29 is 9.53 Å². The van der Waals surface area contributed by atoms with Crippen molar-refractivity contribution in [2.45, 2.75) is 6.92 Å². The summed E-state index contributed by atoms with van der Waals surface area (Å²) in [7, 11) is 1.52.